The normalized spacial score (nSPS) is 13.5. The number of hydrogen-bond donors (Lipinski definition) is 2. The maximum Gasteiger partial charge on any atom is 0.408 e. The Morgan fingerprint density at radius 2 is 1.74 bits per heavy atom. The van der Waals surface area contributed by atoms with Crippen molar-refractivity contribution in [3.63, 3.8) is 0 Å². The van der Waals surface area contributed by atoms with Gasteiger partial charge in [0.2, 0.25) is 0 Å². The highest BCUT2D eigenvalue weighted by Gasteiger charge is 2.35. The summed E-state index contributed by atoms with van der Waals surface area (Å²) in [6, 6.07) is 14.8. The smallest absolute Gasteiger partial charge is 0.408 e. The number of nitrogens with one attached hydrogen (secondary N) is 1. The molecule has 2 aromatic carbocycles. The summed E-state index contributed by atoms with van der Waals surface area (Å²) in [6.07, 6.45) is -0.494. The first-order valence-electron chi connectivity index (χ1n) is 9.83. The molecule has 2 aromatic rings. The summed E-state index contributed by atoms with van der Waals surface area (Å²) in [5.41, 5.74) is -0.531. The summed E-state index contributed by atoms with van der Waals surface area (Å²) in [4.78, 5) is 12.3. The van der Waals surface area contributed by atoms with Gasteiger partial charge >= 0.3 is 6.09 Å². The molecule has 0 saturated carbocycles. The van der Waals surface area contributed by atoms with E-state index in [2.05, 4.69) is 5.32 Å². The van der Waals surface area contributed by atoms with Crippen LogP contribution in [0.25, 0.3) is 0 Å². The van der Waals surface area contributed by atoms with E-state index in [-0.39, 0.29) is 23.8 Å². The van der Waals surface area contributed by atoms with Gasteiger partial charge < -0.3 is 19.9 Å². The number of aliphatic hydroxyl groups is 1. The van der Waals surface area contributed by atoms with Crippen molar-refractivity contribution in [2.24, 2.45) is 5.92 Å². The fraction of sp³-hybridized carbons (Fsp3) is 0.409. The van der Waals surface area contributed by atoms with Gasteiger partial charge in [-0.3, -0.25) is 4.18 Å². The minimum absolute atomic E-state index is 0.0360. The summed E-state index contributed by atoms with van der Waals surface area (Å²) in [5.74, 6) is 0.542. The van der Waals surface area contributed by atoms with Crippen LogP contribution >= 0.6 is 0 Å². The Morgan fingerprint density at radius 3 is 2.29 bits per heavy atom. The second-order valence-corrected chi connectivity index (χ2v) is 9.23. The average Bonchev–Trinajstić information content (AvgIpc) is 2.76. The molecular weight excluding hydrogens is 422 g/mol. The minimum atomic E-state index is -4.11. The summed E-state index contributed by atoms with van der Waals surface area (Å²) >= 11 is 0. The zero-order valence-corrected chi connectivity index (χ0v) is 18.7. The number of methoxy groups -OCH3 is 1. The van der Waals surface area contributed by atoms with Crippen LogP contribution in [0, 0.1) is 5.92 Å². The fourth-order valence-electron chi connectivity index (χ4n) is 3.05. The van der Waals surface area contributed by atoms with E-state index in [1.807, 2.05) is 44.2 Å². The molecule has 0 aliphatic heterocycles. The minimum Gasteiger partial charge on any atom is -0.497 e. The lowest BCUT2D eigenvalue weighted by Crippen LogP contribution is -2.56. The topological polar surface area (TPSA) is 111 Å². The molecule has 0 heterocycles. The third-order valence-corrected chi connectivity index (χ3v) is 5.80. The van der Waals surface area contributed by atoms with Gasteiger partial charge in [-0.2, -0.15) is 8.42 Å². The molecule has 2 rings (SSSR count). The third-order valence-electron chi connectivity index (χ3n) is 4.52. The quantitative estimate of drug-likeness (QED) is 0.505. The van der Waals surface area contributed by atoms with Crippen LogP contribution in [-0.4, -0.2) is 45.5 Å². The van der Waals surface area contributed by atoms with E-state index < -0.39 is 35.0 Å². The van der Waals surface area contributed by atoms with Crippen LogP contribution in [0.1, 0.15) is 25.8 Å². The van der Waals surface area contributed by atoms with E-state index in [4.69, 9.17) is 13.7 Å². The van der Waals surface area contributed by atoms with Gasteiger partial charge in [0.25, 0.3) is 10.1 Å². The van der Waals surface area contributed by atoms with Crippen molar-refractivity contribution in [3.05, 3.63) is 60.2 Å². The summed E-state index contributed by atoms with van der Waals surface area (Å²) in [6.45, 7) is 2.85. The molecule has 2 N–H and O–H groups in total. The Kier molecular flexibility index (Phi) is 8.85. The number of aliphatic hydroxyl groups excluding tert-OH is 1. The molecule has 0 aromatic heterocycles. The van der Waals surface area contributed by atoms with Gasteiger partial charge in [0, 0.05) is 0 Å². The maximum absolute atomic E-state index is 12.6. The van der Waals surface area contributed by atoms with E-state index in [0.29, 0.717) is 5.75 Å². The molecule has 8 nitrogen and oxygen atoms in total. The number of carbonyl (C=O) groups excluding carboxylic acids is 1. The van der Waals surface area contributed by atoms with Crippen LogP contribution < -0.4 is 10.1 Å². The van der Waals surface area contributed by atoms with E-state index in [1.165, 1.54) is 31.4 Å². The van der Waals surface area contributed by atoms with Crippen molar-refractivity contribution in [1.82, 2.24) is 5.32 Å². The molecule has 0 unspecified atom stereocenters. The molecule has 0 spiro atoms. The Labute approximate surface area is 183 Å². The largest absolute Gasteiger partial charge is 0.497 e. The molecule has 9 heteroatoms. The zero-order chi connectivity index (χ0) is 22.9. The molecule has 0 aliphatic carbocycles. The van der Waals surface area contributed by atoms with Gasteiger partial charge in [0.05, 0.1) is 30.8 Å². The van der Waals surface area contributed by atoms with E-state index in [1.54, 1.807) is 0 Å². The van der Waals surface area contributed by atoms with Crippen molar-refractivity contribution in [2.45, 2.75) is 37.3 Å². The van der Waals surface area contributed by atoms with E-state index in [9.17, 15) is 18.3 Å². The fourth-order valence-corrected chi connectivity index (χ4v) is 4.04. The van der Waals surface area contributed by atoms with Crippen LogP contribution in [0.3, 0.4) is 0 Å². The van der Waals surface area contributed by atoms with E-state index in [0.717, 1.165) is 5.56 Å². The first kappa shape index (κ1) is 24.6. The van der Waals surface area contributed by atoms with Crippen LogP contribution in [-0.2, 0) is 25.6 Å². The second kappa shape index (κ2) is 11.1. The Hall–Kier alpha value is -2.62. The number of amides is 1. The second-order valence-electron chi connectivity index (χ2n) is 7.61. The third kappa shape index (κ3) is 7.54. The lowest BCUT2D eigenvalue weighted by atomic mass is 9.90. The first-order chi connectivity index (χ1) is 14.7. The summed E-state index contributed by atoms with van der Waals surface area (Å²) in [7, 11) is -2.64. The van der Waals surface area contributed by atoms with Crippen molar-refractivity contribution >= 4 is 16.2 Å². The Balaban J connectivity index is 2.09. The molecule has 0 bridgehead atoms. The van der Waals surface area contributed by atoms with Crippen molar-refractivity contribution in [3.8, 4) is 5.75 Å². The van der Waals surface area contributed by atoms with Gasteiger partial charge in [0.15, 0.2) is 0 Å². The number of ether oxygens (including phenoxy) is 2. The van der Waals surface area contributed by atoms with Gasteiger partial charge in [-0.15, -0.1) is 0 Å². The number of benzene rings is 2. The lowest BCUT2D eigenvalue weighted by Gasteiger charge is -2.33. The maximum atomic E-state index is 12.6. The first-order valence-corrected chi connectivity index (χ1v) is 11.2. The molecule has 0 saturated heterocycles. The van der Waals surface area contributed by atoms with Crippen molar-refractivity contribution in [2.75, 3.05) is 20.3 Å². The molecule has 31 heavy (non-hydrogen) atoms. The zero-order valence-electron chi connectivity index (χ0n) is 17.9. The monoisotopic (exact) mass is 451 g/mol. The predicted molar refractivity (Wildman–Crippen MR) is 115 cm³/mol. The summed E-state index contributed by atoms with van der Waals surface area (Å²) in [5, 5.41) is 12.6. The molecule has 170 valence electrons. The Morgan fingerprint density at radius 1 is 1.10 bits per heavy atom. The Bertz CT molecular complexity index is 930. The standard InChI is InChI=1S/C22H29NO7S/c1-17(2)13-22(15-24,23-21(25)29-14-18-7-5-4-6-8-18)16-30-31(26,27)20-11-9-19(28-3)10-12-20/h4-12,17,24H,13-16H2,1-3H3,(H,23,25)/t22-/m1/s1. The predicted octanol–water partition coefficient (Wildman–Crippen LogP) is 3.10. The highest BCUT2D eigenvalue weighted by molar-refractivity contribution is 7.86. The van der Waals surface area contributed by atoms with Crippen LogP contribution in [0.15, 0.2) is 59.5 Å². The highest BCUT2D eigenvalue weighted by Crippen LogP contribution is 2.22. The molecule has 1 amide bonds. The van der Waals surface area contributed by atoms with Gasteiger partial charge in [-0.1, -0.05) is 44.2 Å². The number of alkyl carbamates (subject to hydrolysis) is 1. The lowest BCUT2D eigenvalue weighted by molar-refractivity contribution is 0.0695. The number of hydrogen-bond acceptors (Lipinski definition) is 7. The summed E-state index contributed by atoms with van der Waals surface area (Å²) < 4.78 is 40.6. The van der Waals surface area contributed by atoms with Gasteiger partial charge in [0.1, 0.15) is 12.4 Å². The van der Waals surface area contributed by atoms with Crippen LogP contribution in [0.2, 0.25) is 0 Å². The van der Waals surface area contributed by atoms with Crippen molar-refractivity contribution < 1.29 is 32.0 Å². The average molecular weight is 452 g/mol. The molecular formula is C22H29NO7S. The molecule has 0 radical (unpaired) electrons. The highest BCUT2D eigenvalue weighted by atomic mass is 32.2. The van der Waals surface area contributed by atoms with Crippen molar-refractivity contribution in [1.29, 1.82) is 0 Å². The van der Waals surface area contributed by atoms with Crippen LogP contribution in [0.5, 0.6) is 5.75 Å². The number of carbonyl (C=O) groups is 1. The van der Waals surface area contributed by atoms with Gasteiger partial charge in [-0.25, -0.2) is 4.79 Å². The van der Waals surface area contributed by atoms with Gasteiger partial charge in [-0.05, 0) is 42.2 Å². The van der Waals surface area contributed by atoms with Crippen LogP contribution in [0.4, 0.5) is 4.79 Å². The molecule has 0 fully saturated rings. The SMILES string of the molecule is COc1ccc(S(=O)(=O)OC[C@](CO)(CC(C)C)NC(=O)OCc2ccccc2)cc1. The molecule has 0 aliphatic rings. The molecule has 1 atom stereocenters. The van der Waals surface area contributed by atoms with E-state index >= 15 is 0 Å². The number of rotatable bonds is 11.